The van der Waals surface area contributed by atoms with E-state index in [4.69, 9.17) is 4.74 Å². The second kappa shape index (κ2) is 8.19. The lowest BCUT2D eigenvalue weighted by atomic mass is 9.86. The second-order valence-electron chi connectivity index (χ2n) is 7.55. The van der Waals surface area contributed by atoms with Crippen LogP contribution >= 0.6 is 0 Å². The van der Waals surface area contributed by atoms with Crippen molar-refractivity contribution in [3.05, 3.63) is 64.7 Å². The highest BCUT2D eigenvalue weighted by Gasteiger charge is 2.18. The molecule has 0 aliphatic rings. The van der Waals surface area contributed by atoms with Crippen LogP contribution in [-0.4, -0.2) is 19.1 Å². The van der Waals surface area contributed by atoms with E-state index in [9.17, 15) is 4.79 Å². The van der Waals surface area contributed by atoms with Gasteiger partial charge in [0.25, 0.3) is 0 Å². The molecule has 0 radical (unpaired) electrons. The Morgan fingerprint density at radius 3 is 2.52 bits per heavy atom. The number of para-hydroxylation sites is 1. The first-order valence-corrected chi connectivity index (χ1v) is 8.82. The van der Waals surface area contributed by atoms with Gasteiger partial charge in [-0.15, -0.1) is 0 Å². The van der Waals surface area contributed by atoms with Crippen molar-refractivity contribution in [1.82, 2.24) is 5.32 Å². The summed E-state index contributed by atoms with van der Waals surface area (Å²) in [4.78, 5) is 12.1. The Bertz CT molecular complexity index is 729. The standard InChI is InChI=1S/C22H29NO2/c1-16-10-11-17(2)18(14-16)15-21(24)23-12-13-25-20-9-7-6-8-19(20)22(3,4)5/h6-11,14H,12-13,15H2,1-5H3,(H,23,24). The van der Waals surface area contributed by atoms with Crippen LogP contribution in [0, 0.1) is 13.8 Å². The van der Waals surface area contributed by atoms with Crippen LogP contribution < -0.4 is 10.1 Å². The molecule has 2 aromatic carbocycles. The lowest BCUT2D eigenvalue weighted by Gasteiger charge is -2.22. The van der Waals surface area contributed by atoms with Gasteiger partial charge in [0.05, 0.1) is 13.0 Å². The number of carbonyl (C=O) groups is 1. The summed E-state index contributed by atoms with van der Waals surface area (Å²) in [5.74, 6) is 0.917. The molecule has 0 saturated carbocycles. The number of rotatable bonds is 6. The van der Waals surface area contributed by atoms with Crippen molar-refractivity contribution in [2.24, 2.45) is 0 Å². The molecule has 0 atom stereocenters. The number of carbonyl (C=O) groups excluding carboxylic acids is 1. The molecule has 2 rings (SSSR count). The number of hydrogen-bond acceptors (Lipinski definition) is 2. The first-order chi connectivity index (χ1) is 11.8. The van der Waals surface area contributed by atoms with Crippen LogP contribution in [0.1, 0.15) is 43.0 Å². The molecule has 0 fully saturated rings. The Morgan fingerprint density at radius 2 is 1.80 bits per heavy atom. The molecule has 2 aromatic rings. The van der Waals surface area contributed by atoms with Gasteiger partial charge in [-0.25, -0.2) is 0 Å². The number of nitrogens with one attached hydrogen (secondary N) is 1. The fourth-order valence-electron chi connectivity index (χ4n) is 2.79. The van der Waals surface area contributed by atoms with Crippen molar-refractivity contribution in [3.8, 4) is 5.75 Å². The third-order valence-electron chi connectivity index (χ3n) is 4.23. The van der Waals surface area contributed by atoms with Crippen LogP contribution in [0.25, 0.3) is 0 Å². The zero-order valence-corrected chi connectivity index (χ0v) is 16.0. The molecule has 1 amide bonds. The van der Waals surface area contributed by atoms with Crippen molar-refractivity contribution in [2.45, 2.75) is 46.5 Å². The largest absolute Gasteiger partial charge is 0.491 e. The molecule has 0 aromatic heterocycles. The predicted octanol–water partition coefficient (Wildman–Crippen LogP) is 4.34. The Balaban J connectivity index is 1.84. The summed E-state index contributed by atoms with van der Waals surface area (Å²) in [6, 6.07) is 14.3. The monoisotopic (exact) mass is 339 g/mol. The van der Waals surface area contributed by atoms with E-state index in [-0.39, 0.29) is 11.3 Å². The highest BCUT2D eigenvalue weighted by atomic mass is 16.5. The summed E-state index contributed by atoms with van der Waals surface area (Å²) in [5, 5.41) is 2.94. The van der Waals surface area contributed by atoms with Crippen LogP contribution in [0.4, 0.5) is 0 Å². The van der Waals surface area contributed by atoms with Crippen molar-refractivity contribution in [1.29, 1.82) is 0 Å². The van der Waals surface area contributed by atoms with Crippen LogP contribution in [0.2, 0.25) is 0 Å². The third-order valence-corrected chi connectivity index (χ3v) is 4.23. The molecule has 0 unspecified atom stereocenters. The molecule has 3 nitrogen and oxygen atoms in total. The number of amides is 1. The van der Waals surface area contributed by atoms with Crippen LogP contribution in [0.3, 0.4) is 0 Å². The number of ether oxygens (including phenoxy) is 1. The van der Waals surface area contributed by atoms with Gasteiger partial charge >= 0.3 is 0 Å². The van der Waals surface area contributed by atoms with Gasteiger partial charge in [-0.05, 0) is 42.0 Å². The lowest BCUT2D eigenvalue weighted by Crippen LogP contribution is -2.30. The van der Waals surface area contributed by atoms with Crippen LogP contribution in [-0.2, 0) is 16.6 Å². The molecule has 0 heterocycles. The number of benzene rings is 2. The molecule has 0 aliphatic heterocycles. The number of aryl methyl sites for hydroxylation is 2. The summed E-state index contributed by atoms with van der Waals surface area (Å²) >= 11 is 0. The maximum Gasteiger partial charge on any atom is 0.224 e. The maximum absolute atomic E-state index is 12.1. The first kappa shape index (κ1) is 19.0. The van der Waals surface area contributed by atoms with E-state index in [0.29, 0.717) is 19.6 Å². The molecule has 134 valence electrons. The molecule has 0 saturated heterocycles. The lowest BCUT2D eigenvalue weighted by molar-refractivity contribution is -0.120. The van der Waals surface area contributed by atoms with Gasteiger partial charge in [-0.3, -0.25) is 4.79 Å². The van der Waals surface area contributed by atoms with Crippen LogP contribution in [0.15, 0.2) is 42.5 Å². The zero-order valence-electron chi connectivity index (χ0n) is 16.0. The van der Waals surface area contributed by atoms with Gasteiger partial charge < -0.3 is 10.1 Å². The molecule has 25 heavy (non-hydrogen) atoms. The molecular weight excluding hydrogens is 310 g/mol. The maximum atomic E-state index is 12.1. The molecular formula is C22H29NO2. The van der Waals surface area contributed by atoms with E-state index in [1.54, 1.807) is 0 Å². The Hall–Kier alpha value is -2.29. The zero-order chi connectivity index (χ0) is 18.4. The predicted molar refractivity (Wildman–Crippen MR) is 103 cm³/mol. The Labute approximate surface area is 151 Å². The van der Waals surface area contributed by atoms with E-state index in [2.05, 4.69) is 50.4 Å². The van der Waals surface area contributed by atoms with E-state index < -0.39 is 0 Å². The van der Waals surface area contributed by atoms with Gasteiger partial charge in [0.2, 0.25) is 5.91 Å². The minimum absolute atomic E-state index is 0.0291. The topological polar surface area (TPSA) is 38.3 Å². The molecule has 0 aliphatic carbocycles. The summed E-state index contributed by atoms with van der Waals surface area (Å²) in [5.41, 5.74) is 4.61. The summed E-state index contributed by atoms with van der Waals surface area (Å²) < 4.78 is 5.89. The van der Waals surface area contributed by atoms with Gasteiger partial charge in [0.1, 0.15) is 12.4 Å². The Morgan fingerprint density at radius 1 is 1.08 bits per heavy atom. The first-order valence-electron chi connectivity index (χ1n) is 8.82. The van der Waals surface area contributed by atoms with Gasteiger partial charge in [-0.1, -0.05) is 62.7 Å². The third kappa shape index (κ3) is 5.63. The average molecular weight is 339 g/mol. The van der Waals surface area contributed by atoms with Crippen LogP contribution in [0.5, 0.6) is 5.75 Å². The highest BCUT2D eigenvalue weighted by Crippen LogP contribution is 2.30. The van der Waals surface area contributed by atoms with E-state index in [0.717, 1.165) is 16.9 Å². The minimum Gasteiger partial charge on any atom is -0.491 e. The van der Waals surface area contributed by atoms with Crippen molar-refractivity contribution < 1.29 is 9.53 Å². The summed E-state index contributed by atoms with van der Waals surface area (Å²) in [7, 11) is 0. The van der Waals surface area contributed by atoms with E-state index >= 15 is 0 Å². The fourth-order valence-corrected chi connectivity index (χ4v) is 2.79. The second-order valence-corrected chi connectivity index (χ2v) is 7.55. The smallest absolute Gasteiger partial charge is 0.224 e. The number of hydrogen-bond donors (Lipinski definition) is 1. The van der Waals surface area contributed by atoms with Gasteiger partial charge in [-0.2, -0.15) is 0 Å². The van der Waals surface area contributed by atoms with Crippen molar-refractivity contribution >= 4 is 5.91 Å². The normalized spacial score (nSPS) is 11.2. The molecule has 1 N–H and O–H groups in total. The molecule has 0 spiro atoms. The molecule has 0 bridgehead atoms. The summed E-state index contributed by atoms with van der Waals surface area (Å²) in [6.07, 6.45) is 0.409. The molecule has 3 heteroatoms. The highest BCUT2D eigenvalue weighted by molar-refractivity contribution is 5.78. The average Bonchev–Trinajstić information content (AvgIpc) is 2.54. The quantitative estimate of drug-likeness (QED) is 0.795. The van der Waals surface area contributed by atoms with E-state index in [1.165, 1.54) is 11.1 Å². The minimum atomic E-state index is 0.0291. The van der Waals surface area contributed by atoms with E-state index in [1.807, 2.05) is 32.0 Å². The van der Waals surface area contributed by atoms with Crippen molar-refractivity contribution in [2.75, 3.05) is 13.2 Å². The summed E-state index contributed by atoms with van der Waals surface area (Å²) in [6.45, 7) is 11.5. The van der Waals surface area contributed by atoms with Crippen molar-refractivity contribution in [3.63, 3.8) is 0 Å². The van der Waals surface area contributed by atoms with Gasteiger partial charge in [0.15, 0.2) is 0 Å². The van der Waals surface area contributed by atoms with Gasteiger partial charge in [0, 0.05) is 0 Å². The SMILES string of the molecule is Cc1ccc(C)c(CC(=O)NCCOc2ccccc2C(C)(C)C)c1. The fraction of sp³-hybridized carbons (Fsp3) is 0.409. The Kier molecular flexibility index (Phi) is 6.24.